The zero-order valence-electron chi connectivity index (χ0n) is 20.0. The van der Waals surface area contributed by atoms with Crippen molar-refractivity contribution in [1.82, 2.24) is 9.80 Å². The van der Waals surface area contributed by atoms with Gasteiger partial charge < -0.3 is 14.5 Å². The van der Waals surface area contributed by atoms with Crippen molar-refractivity contribution in [2.24, 2.45) is 0 Å². The number of anilines is 1. The molecular formula is C25H33N3O4S. The number of amides is 1. The summed E-state index contributed by atoms with van der Waals surface area (Å²) in [6.45, 7) is 8.63. The van der Waals surface area contributed by atoms with Gasteiger partial charge in [-0.2, -0.15) is 0 Å². The van der Waals surface area contributed by atoms with Gasteiger partial charge in [-0.15, -0.1) is 0 Å². The van der Waals surface area contributed by atoms with Gasteiger partial charge >= 0.3 is 0 Å². The van der Waals surface area contributed by atoms with Gasteiger partial charge in [-0.3, -0.25) is 9.10 Å². The Morgan fingerprint density at radius 1 is 1.00 bits per heavy atom. The molecule has 8 heteroatoms. The van der Waals surface area contributed by atoms with Gasteiger partial charge in [0, 0.05) is 19.6 Å². The number of sulfonamides is 1. The van der Waals surface area contributed by atoms with Gasteiger partial charge in [-0.25, -0.2) is 8.42 Å². The number of carbonyl (C=O) groups excluding carboxylic acids is 1. The highest BCUT2D eigenvalue weighted by Gasteiger charge is 2.47. The van der Waals surface area contributed by atoms with Crippen molar-refractivity contribution in [3.05, 3.63) is 53.1 Å². The summed E-state index contributed by atoms with van der Waals surface area (Å²) in [5.41, 5.74) is 2.81. The first-order chi connectivity index (χ1) is 15.7. The molecule has 2 heterocycles. The highest BCUT2D eigenvalue weighted by Crippen LogP contribution is 2.45. The van der Waals surface area contributed by atoms with E-state index in [-0.39, 0.29) is 10.8 Å². The monoisotopic (exact) mass is 471 g/mol. The van der Waals surface area contributed by atoms with Crippen molar-refractivity contribution in [3.63, 3.8) is 0 Å². The molecular weight excluding hydrogens is 438 g/mol. The van der Waals surface area contributed by atoms with E-state index in [9.17, 15) is 13.2 Å². The predicted octanol–water partition coefficient (Wildman–Crippen LogP) is 3.16. The van der Waals surface area contributed by atoms with E-state index >= 15 is 0 Å². The molecule has 33 heavy (non-hydrogen) atoms. The maximum absolute atomic E-state index is 14.0. The number of rotatable bonds is 4. The largest absolute Gasteiger partial charge is 0.496 e. The first-order valence-corrected chi connectivity index (χ1v) is 12.9. The molecule has 0 aromatic heterocycles. The summed E-state index contributed by atoms with van der Waals surface area (Å²) >= 11 is 0. The molecule has 0 unspecified atom stereocenters. The highest BCUT2D eigenvalue weighted by molar-refractivity contribution is 7.93. The summed E-state index contributed by atoms with van der Waals surface area (Å²) < 4.78 is 34.8. The molecule has 1 amide bonds. The molecule has 2 aromatic carbocycles. The minimum atomic E-state index is -3.89. The Hall–Kier alpha value is -2.58. The number of hydrogen-bond donors (Lipinski definition) is 0. The summed E-state index contributed by atoms with van der Waals surface area (Å²) in [6.07, 6.45) is 0.914. The van der Waals surface area contributed by atoms with Crippen LogP contribution in [0.4, 0.5) is 5.69 Å². The van der Waals surface area contributed by atoms with E-state index in [0.717, 1.165) is 30.6 Å². The minimum absolute atomic E-state index is 0.00517. The molecule has 1 fully saturated rings. The average Bonchev–Trinajstić information content (AvgIpc) is 2.92. The maximum atomic E-state index is 14.0. The van der Waals surface area contributed by atoms with Crippen molar-refractivity contribution in [2.75, 3.05) is 44.6 Å². The minimum Gasteiger partial charge on any atom is -0.496 e. The van der Waals surface area contributed by atoms with Crippen LogP contribution in [0.3, 0.4) is 0 Å². The van der Waals surface area contributed by atoms with Crippen molar-refractivity contribution in [2.45, 2.75) is 44.0 Å². The maximum Gasteiger partial charge on any atom is 0.264 e. The second kappa shape index (κ2) is 8.99. The summed E-state index contributed by atoms with van der Waals surface area (Å²) in [5.74, 6) is 0.130. The molecule has 0 radical (unpaired) electrons. The fraction of sp³-hybridized carbons (Fsp3) is 0.480. The second-order valence-corrected chi connectivity index (χ2v) is 10.9. The molecule has 1 saturated heterocycles. The van der Waals surface area contributed by atoms with Crippen molar-refractivity contribution in [1.29, 1.82) is 0 Å². The van der Waals surface area contributed by atoms with Gasteiger partial charge in [0.1, 0.15) is 5.75 Å². The van der Waals surface area contributed by atoms with Crippen LogP contribution in [-0.2, 0) is 14.8 Å². The summed E-state index contributed by atoms with van der Waals surface area (Å²) in [5, 5.41) is 0. The lowest BCUT2D eigenvalue weighted by Crippen LogP contribution is -2.44. The molecule has 2 atom stereocenters. The quantitative estimate of drug-likeness (QED) is 0.685. The van der Waals surface area contributed by atoms with E-state index in [2.05, 4.69) is 11.9 Å². The third-order valence-electron chi connectivity index (χ3n) is 7.10. The van der Waals surface area contributed by atoms with Gasteiger partial charge in [0.25, 0.3) is 10.0 Å². The second-order valence-electron chi connectivity index (χ2n) is 9.08. The van der Waals surface area contributed by atoms with E-state index in [1.54, 1.807) is 32.2 Å². The number of ether oxygens (including phenoxy) is 1. The predicted molar refractivity (Wildman–Crippen MR) is 129 cm³/mol. The molecule has 4 rings (SSSR count). The summed E-state index contributed by atoms with van der Waals surface area (Å²) in [6, 6.07) is 10.2. The van der Waals surface area contributed by atoms with E-state index in [0.29, 0.717) is 30.1 Å². The zero-order valence-corrected chi connectivity index (χ0v) is 20.9. The first-order valence-electron chi connectivity index (χ1n) is 11.4. The topological polar surface area (TPSA) is 70.2 Å². The number of likely N-dealkylation sites (N-methyl/N-ethyl adjacent to an activating group) is 1. The number of methoxy groups -OCH3 is 1. The van der Waals surface area contributed by atoms with Crippen LogP contribution in [0.25, 0.3) is 0 Å². The third-order valence-corrected chi connectivity index (χ3v) is 9.15. The molecule has 7 nitrogen and oxygen atoms in total. The third kappa shape index (κ3) is 3.99. The number of nitrogens with zero attached hydrogens (tertiary/aromatic N) is 3. The number of hydrogen-bond acceptors (Lipinski definition) is 5. The molecule has 178 valence electrons. The van der Waals surface area contributed by atoms with Gasteiger partial charge in [0.05, 0.1) is 29.7 Å². The van der Waals surface area contributed by atoms with Crippen molar-refractivity contribution < 1.29 is 17.9 Å². The molecule has 2 aromatic rings. The van der Waals surface area contributed by atoms with Crippen molar-refractivity contribution >= 4 is 21.6 Å². The van der Waals surface area contributed by atoms with Crippen LogP contribution < -0.4 is 9.04 Å². The Morgan fingerprint density at radius 2 is 1.73 bits per heavy atom. The van der Waals surface area contributed by atoms with Gasteiger partial charge in [0.15, 0.2) is 0 Å². The lowest BCUT2D eigenvalue weighted by molar-refractivity contribution is -0.132. The van der Waals surface area contributed by atoms with E-state index < -0.39 is 22.0 Å². The zero-order chi connectivity index (χ0) is 23.9. The molecule has 0 spiro atoms. The Morgan fingerprint density at radius 3 is 2.45 bits per heavy atom. The van der Waals surface area contributed by atoms with Crippen LogP contribution in [0.2, 0.25) is 0 Å². The Balaban J connectivity index is 1.75. The first kappa shape index (κ1) is 23.6. The van der Waals surface area contributed by atoms with Crippen LogP contribution in [0.15, 0.2) is 41.3 Å². The molecule has 2 aliphatic heterocycles. The van der Waals surface area contributed by atoms with Crippen LogP contribution in [0.5, 0.6) is 5.75 Å². The number of benzene rings is 2. The number of para-hydroxylation sites is 1. The Kier molecular flexibility index (Phi) is 6.42. The fourth-order valence-electron chi connectivity index (χ4n) is 5.09. The Labute approximate surface area is 197 Å². The van der Waals surface area contributed by atoms with Gasteiger partial charge in [-0.05, 0) is 75.7 Å². The normalized spacial score (nSPS) is 21.6. The fourth-order valence-corrected chi connectivity index (χ4v) is 7.07. The molecule has 0 saturated carbocycles. The lowest BCUT2D eigenvalue weighted by Gasteiger charge is -2.30. The summed E-state index contributed by atoms with van der Waals surface area (Å²) in [7, 11) is -0.254. The average molecular weight is 472 g/mol. The van der Waals surface area contributed by atoms with E-state index in [1.807, 2.05) is 36.9 Å². The van der Waals surface area contributed by atoms with Gasteiger partial charge in [-0.1, -0.05) is 18.2 Å². The molecule has 0 bridgehead atoms. The molecule has 0 N–H and O–H groups in total. The standard InChI is InChI=1S/C25H33N3O4S/c1-17-18(2)23(12-11-22(17)32-5)33(30,31)28-19(3)24(20-9-6-7-10-21(20)28)25(29)27-14-8-13-26(4)15-16-27/h6-7,9-12,19,24H,8,13-16H2,1-5H3/t19-,24+/m1/s1. The van der Waals surface area contributed by atoms with Crippen LogP contribution in [-0.4, -0.2) is 70.5 Å². The van der Waals surface area contributed by atoms with E-state index in [4.69, 9.17) is 4.74 Å². The highest BCUT2D eigenvalue weighted by atomic mass is 32.2. The van der Waals surface area contributed by atoms with Crippen molar-refractivity contribution in [3.8, 4) is 5.75 Å². The number of fused-ring (bicyclic) bond motifs is 1. The smallest absolute Gasteiger partial charge is 0.264 e. The van der Waals surface area contributed by atoms with E-state index in [1.165, 1.54) is 4.31 Å². The Bertz CT molecular complexity index is 1160. The van der Waals surface area contributed by atoms with Crippen LogP contribution in [0, 0.1) is 13.8 Å². The number of carbonyl (C=O) groups is 1. The summed E-state index contributed by atoms with van der Waals surface area (Å²) in [4.78, 5) is 18.1. The van der Waals surface area contributed by atoms with Crippen LogP contribution in [0.1, 0.15) is 36.0 Å². The van der Waals surface area contributed by atoms with Crippen LogP contribution >= 0.6 is 0 Å². The SMILES string of the molecule is COc1ccc(S(=O)(=O)N2c3ccccc3[C@@H](C(=O)N3CCCN(C)CC3)[C@H]2C)c(C)c1C. The molecule has 0 aliphatic carbocycles. The molecule has 2 aliphatic rings. The lowest BCUT2D eigenvalue weighted by atomic mass is 9.94. The van der Waals surface area contributed by atoms with Gasteiger partial charge in [0.2, 0.25) is 5.91 Å².